The fourth-order valence-corrected chi connectivity index (χ4v) is 2.13. The number of hydrogen-bond donors (Lipinski definition) is 2. The molecule has 0 amide bonds. The zero-order chi connectivity index (χ0) is 10.7. The lowest BCUT2D eigenvalue weighted by atomic mass is 10.0. The quantitative estimate of drug-likeness (QED) is 0.790. The summed E-state index contributed by atoms with van der Waals surface area (Å²) in [7, 11) is 0. The largest absolute Gasteiger partial charge is 0.382 e. The van der Waals surface area contributed by atoms with Gasteiger partial charge in [-0.25, -0.2) is 0 Å². The van der Waals surface area contributed by atoms with Crippen molar-refractivity contribution in [3.8, 4) is 0 Å². The van der Waals surface area contributed by atoms with Gasteiger partial charge in [0, 0.05) is 11.7 Å². The van der Waals surface area contributed by atoms with Crippen molar-refractivity contribution in [2.75, 3.05) is 18.4 Å². The maximum atomic E-state index is 3.57. The molecule has 82 valence electrons. The average molecular weight is 204 g/mol. The third-order valence-corrected chi connectivity index (χ3v) is 3.25. The molecule has 0 radical (unpaired) electrons. The molecule has 1 aliphatic heterocycles. The predicted octanol–water partition coefficient (Wildman–Crippen LogP) is 2.40. The summed E-state index contributed by atoms with van der Waals surface area (Å²) >= 11 is 0. The summed E-state index contributed by atoms with van der Waals surface area (Å²) in [5, 5.41) is 6.98. The van der Waals surface area contributed by atoms with Gasteiger partial charge in [-0.05, 0) is 51.4 Å². The maximum Gasteiger partial charge on any atom is 0.0342 e. The van der Waals surface area contributed by atoms with Crippen LogP contribution < -0.4 is 10.6 Å². The highest BCUT2D eigenvalue weighted by molar-refractivity contribution is 5.45. The first-order valence-electron chi connectivity index (χ1n) is 5.79. The summed E-state index contributed by atoms with van der Waals surface area (Å²) in [6.07, 6.45) is 1.29. The van der Waals surface area contributed by atoms with Crippen LogP contribution in [0, 0.1) is 12.8 Å². The standard InChI is InChI=1S/C13H20N2/c1-10-3-5-13(6-4-10)15-11(2)12-7-8-14-9-12/h3-6,11-12,14-15H,7-9H2,1-2H3. The third-order valence-electron chi connectivity index (χ3n) is 3.25. The average Bonchev–Trinajstić information content (AvgIpc) is 2.74. The minimum atomic E-state index is 0.558. The first-order valence-corrected chi connectivity index (χ1v) is 5.79. The summed E-state index contributed by atoms with van der Waals surface area (Å²) < 4.78 is 0. The van der Waals surface area contributed by atoms with Crippen LogP contribution in [0.1, 0.15) is 18.9 Å². The van der Waals surface area contributed by atoms with Gasteiger partial charge < -0.3 is 10.6 Å². The lowest BCUT2D eigenvalue weighted by Gasteiger charge is -2.21. The van der Waals surface area contributed by atoms with E-state index in [2.05, 4.69) is 48.7 Å². The Morgan fingerprint density at radius 3 is 2.67 bits per heavy atom. The molecule has 2 atom stereocenters. The fourth-order valence-electron chi connectivity index (χ4n) is 2.13. The molecule has 1 saturated heterocycles. The van der Waals surface area contributed by atoms with Crippen LogP contribution in [-0.4, -0.2) is 19.1 Å². The van der Waals surface area contributed by atoms with Crippen molar-refractivity contribution in [2.24, 2.45) is 5.92 Å². The topological polar surface area (TPSA) is 24.1 Å². The van der Waals surface area contributed by atoms with Crippen molar-refractivity contribution in [3.05, 3.63) is 29.8 Å². The molecule has 0 bridgehead atoms. The normalized spacial score (nSPS) is 22.7. The number of aryl methyl sites for hydroxylation is 1. The van der Waals surface area contributed by atoms with Crippen molar-refractivity contribution < 1.29 is 0 Å². The van der Waals surface area contributed by atoms with Gasteiger partial charge in [0.25, 0.3) is 0 Å². The molecular weight excluding hydrogens is 184 g/mol. The highest BCUT2D eigenvalue weighted by Gasteiger charge is 2.20. The molecule has 2 unspecified atom stereocenters. The summed E-state index contributed by atoms with van der Waals surface area (Å²) in [5.74, 6) is 0.770. The molecule has 1 fully saturated rings. The number of anilines is 1. The molecule has 0 aliphatic carbocycles. The summed E-state index contributed by atoms with van der Waals surface area (Å²) in [4.78, 5) is 0. The molecule has 0 aromatic heterocycles. The van der Waals surface area contributed by atoms with Gasteiger partial charge >= 0.3 is 0 Å². The zero-order valence-corrected chi connectivity index (χ0v) is 9.59. The zero-order valence-electron chi connectivity index (χ0n) is 9.59. The molecule has 1 heterocycles. The van der Waals surface area contributed by atoms with Gasteiger partial charge in [-0.2, -0.15) is 0 Å². The Labute approximate surface area is 92.1 Å². The van der Waals surface area contributed by atoms with Crippen LogP contribution >= 0.6 is 0 Å². The van der Waals surface area contributed by atoms with E-state index < -0.39 is 0 Å². The molecule has 2 heteroatoms. The van der Waals surface area contributed by atoms with Gasteiger partial charge in [0.1, 0.15) is 0 Å². The maximum absolute atomic E-state index is 3.57. The molecule has 1 aliphatic rings. The van der Waals surface area contributed by atoms with Crippen molar-refractivity contribution in [1.82, 2.24) is 5.32 Å². The lowest BCUT2D eigenvalue weighted by molar-refractivity contribution is 0.510. The first-order chi connectivity index (χ1) is 7.25. The molecular formula is C13H20N2. The van der Waals surface area contributed by atoms with Gasteiger partial charge in [-0.15, -0.1) is 0 Å². The SMILES string of the molecule is Cc1ccc(NC(C)C2CCNC2)cc1. The van der Waals surface area contributed by atoms with Crippen molar-refractivity contribution in [2.45, 2.75) is 26.3 Å². The minimum Gasteiger partial charge on any atom is -0.382 e. The molecule has 2 nitrogen and oxygen atoms in total. The van der Waals surface area contributed by atoms with E-state index >= 15 is 0 Å². The number of nitrogens with one attached hydrogen (secondary N) is 2. The van der Waals surface area contributed by atoms with Gasteiger partial charge in [-0.1, -0.05) is 17.7 Å². The van der Waals surface area contributed by atoms with E-state index in [9.17, 15) is 0 Å². The summed E-state index contributed by atoms with van der Waals surface area (Å²) in [5.41, 5.74) is 2.55. The summed E-state index contributed by atoms with van der Waals surface area (Å²) in [6.45, 7) is 6.72. The van der Waals surface area contributed by atoms with E-state index in [0.29, 0.717) is 6.04 Å². The lowest BCUT2D eigenvalue weighted by Crippen LogP contribution is -2.27. The number of benzene rings is 1. The Balaban J connectivity index is 1.92. The van der Waals surface area contributed by atoms with Crippen LogP contribution in [0.3, 0.4) is 0 Å². The second-order valence-electron chi connectivity index (χ2n) is 4.55. The van der Waals surface area contributed by atoms with E-state index in [1.54, 1.807) is 0 Å². The van der Waals surface area contributed by atoms with Crippen LogP contribution in [-0.2, 0) is 0 Å². The molecule has 0 saturated carbocycles. The highest BCUT2D eigenvalue weighted by Crippen LogP contribution is 2.17. The monoisotopic (exact) mass is 204 g/mol. The van der Waals surface area contributed by atoms with Gasteiger partial charge in [0.05, 0.1) is 0 Å². The van der Waals surface area contributed by atoms with E-state index in [0.717, 1.165) is 12.5 Å². The Bertz CT molecular complexity index is 299. The van der Waals surface area contributed by atoms with Crippen LogP contribution in [0.25, 0.3) is 0 Å². The van der Waals surface area contributed by atoms with E-state index in [4.69, 9.17) is 0 Å². The van der Waals surface area contributed by atoms with Crippen molar-refractivity contribution in [3.63, 3.8) is 0 Å². The van der Waals surface area contributed by atoms with Gasteiger partial charge in [0.15, 0.2) is 0 Å². The minimum absolute atomic E-state index is 0.558. The Morgan fingerprint density at radius 2 is 2.07 bits per heavy atom. The van der Waals surface area contributed by atoms with Crippen LogP contribution in [0.15, 0.2) is 24.3 Å². The van der Waals surface area contributed by atoms with E-state index in [-0.39, 0.29) is 0 Å². The molecule has 1 aromatic rings. The van der Waals surface area contributed by atoms with Crippen LogP contribution in [0.4, 0.5) is 5.69 Å². The van der Waals surface area contributed by atoms with Gasteiger partial charge in [-0.3, -0.25) is 0 Å². The molecule has 2 N–H and O–H groups in total. The van der Waals surface area contributed by atoms with Gasteiger partial charge in [0.2, 0.25) is 0 Å². The van der Waals surface area contributed by atoms with Crippen LogP contribution in [0.5, 0.6) is 0 Å². The Kier molecular flexibility index (Phi) is 3.27. The summed E-state index contributed by atoms with van der Waals surface area (Å²) in [6, 6.07) is 9.19. The second kappa shape index (κ2) is 4.67. The van der Waals surface area contributed by atoms with E-state index in [1.165, 1.54) is 24.2 Å². The molecule has 2 rings (SSSR count). The number of hydrogen-bond acceptors (Lipinski definition) is 2. The second-order valence-corrected chi connectivity index (χ2v) is 4.55. The third kappa shape index (κ3) is 2.72. The first kappa shape index (κ1) is 10.5. The fraction of sp³-hybridized carbons (Fsp3) is 0.538. The predicted molar refractivity (Wildman–Crippen MR) is 65.2 cm³/mol. The smallest absolute Gasteiger partial charge is 0.0342 e. The van der Waals surface area contributed by atoms with Crippen molar-refractivity contribution in [1.29, 1.82) is 0 Å². The van der Waals surface area contributed by atoms with E-state index in [1.807, 2.05) is 0 Å². The van der Waals surface area contributed by atoms with Crippen LogP contribution in [0.2, 0.25) is 0 Å². The molecule has 0 spiro atoms. The molecule has 1 aromatic carbocycles. The Morgan fingerprint density at radius 1 is 1.33 bits per heavy atom. The molecule has 15 heavy (non-hydrogen) atoms. The highest BCUT2D eigenvalue weighted by atomic mass is 15.0. The number of rotatable bonds is 3. The van der Waals surface area contributed by atoms with Crippen molar-refractivity contribution >= 4 is 5.69 Å². The Hall–Kier alpha value is -1.02.